The number of alkyl carbamates (subject to hydrolysis) is 1. The van der Waals surface area contributed by atoms with E-state index in [2.05, 4.69) is 10.1 Å². The van der Waals surface area contributed by atoms with Gasteiger partial charge in [0.15, 0.2) is 0 Å². The zero-order valence-corrected chi connectivity index (χ0v) is 11.6. The summed E-state index contributed by atoms with van der Waals surface area (Å²) >= 11 is 0. The van der Waals surface area contributed by atoms with Crippen LogP contribution in [0.4, 0.5) is 14.9 Å². The Morgan fingerprint density at radius 2 is 2.19 bits per heavy atom. The summed E-state index contributed by atoms with van der Waals surface area (Å²) in [7, 11) is 0. The lowest BCUT2D eigenvalue weighted by atomic mass is 10.2. The van der Waals surface area contributed by atoms with Crippen LogP contribution >= 0.6 is 0 Å². The van der Waals surface area contributed by atoms with Crippen LogP contribution in [0.2, 0.25) is 0 Å². The number of hydrogen-bond acceptors (Lipinski definition) is 5. The van der Waals surface area contributed by atoms with E-state index < -0.39 is 12.0 Å². The molecule has 0 fully saturated rings. The topological polar surface area (TPSA) is 91.2 Å². The van der Waals surface area contributed by atoms with E-state index in [-0.39, 0.29) is 18.0 Å². The van der Waals surface area contributed by atoms with Crippen molar-refractivity contribution in [3.63, 3.8) is 0 Å². The van der Waals surface area contributed by atoms with Crippen molar-refractivity contribution in [1.29, 1.82) is 5.26 Å². The summed E-state index contributed by atoms with van der Waals surface area (Å²) in [4.78, 5) is 22.7. The second-order valence-electron chi connectivity index (χ2n) is 3.95. The van der Waals surface area contributed by atoms with Crippen LogP contribution in [0, 0.1) is 24.1 Å². The lowest BCUT2D eigenvalue weighted by molar-refractivity contribution is -0.116. The first kappa shape index (κ1) is 16.2. The molecule has 0 aliphatic heterocycles. The number of hydrogen-bond donors (Lipinski definition) is 2. The Labute approximate surface area is 121 Å². The van der Waals surface area contributed by atoms with E-state index in [0.717, 1.165) is 6.20 Å². The van der Waals surface area contributed by atoms with Gasteiger partial charge in [0.2, 0.25) is 0 Å². The first-order valence-corrected chi connectivity index (χ1v) is 6.09. The second-order valence-corrected chi connectivity index (χ2v) is 3.95. The van der Waals surface area contributed by atoms with Gasteiger partial charge in [-0.15, -0.1) is 0 Å². The third-order valence-corrected chi connectivity index (χ3v) is 2.42. The SMILES string of the molecule is CCOC(=O)NC(=O)/C(C#N)=C\Nc1ccc(F)cc1C. The number of rotatable bonds is 4. The zero-order valence-electron chi connectivity index (χ0n) is 11.6. The number of imide groups is 1. The van der Waals surface area contributed by atoms with Gasteiger partial charge >= 0.3 is 6.09 Å². The van der Waals surface area contributed by atoms with Gasteiger partial charge in [-0.1, -0.05) is 0 Å². The average Bonchev–Trinajstić information content (AvgIpc) is 2.41. The fourth-order valence-corrected chi connectivity index (χ4v) is 1.41. The van der Waals surface area contributed by atoms with Crippen LogP contribution in [0.1, 0.15) is 12.5 Å². The molecule has 1 aromatic carbocycles. The number of carbonyl (C=O) groups is 2. The van der Waals surface area contributed by atoms with Crippen molar-refractivity contribution < 1.29 is 18.7 Å². The number of halogens is 1. The predicted octanol–water partition coefficient (Wildman–Crippen LogP) is 2.23. The summed E-state index contributed by atoms with van der Waals surface area (Å²) in [5, 5.41) is 13.5. The van der Waals surface area contributed by atoms with Crippen LogP contribution in [0.5, 0.6) is 0 Å². The molecule has 0 aliphatic rings. The van der Waals surface area contributed by atoms with Gasteiger partial charge in [-0.05, 0) is 37.6 Å². The van der Waals surface area contributed by atoms with E-state index in [1.54, 1.807) is 19.9 Å². The van der Waals surface area contributed by atoms with Crippen molar-refractivity contribution >= 4 is 17.7 Å². The highest BCUT2D eigenvalue weighted by molar-refractivity contribution is 6.05. The second kappa shape index (κ2) is 7.65. The number of nitrogens with one attached hydrogen (secondary N) is 2. The summed E-state index contributed by atoms with van der Waals surface area (Å²) in [5.41, 5.74) is 0.828. The highest BCUT2D eigenvalue weighted by Crippen LogP contribution is 2.15. The molecule has 6 nitrogen and oxygen atoms in total. The predicted molar refractivity (Wildman–Crippen MR) is 73.6 cm³/mol. The Kier molecular flexibility index (Phi) is 5.89. The number of benzene rings is 1. The molecule has 0 unspecified atom stereocenters. The third-order valence-electron chi connectivity index (χ3n) is 2.42. The number of nitrogens with zero attached hydrogens (tertiary/aromatic N) is 1. The van der Waals surface area contributed by atoms with Crippen molar-refractivity contribution in [1.82, 2.24) is 5.32 Å². The average molecular weight is 291 g/mol. The van der Waals surface area contributed by atoms with Gasteiger partial charge in [0.1, 0.15) is 17.5 Å². The van der Waals surface area contributed by atoms with Crippen LogP contribution in [-0.2, 0) is 9.53 Å². The quantitative estimate of drug-likeness (QED) is 0.655. The molecule has 2 amide bonds. The summed E-state index contributed by atoms with van der Waals surface area (Å²) in [5.74, 6) is -1.27. The normalized spacial score (nSPS) is 10.5. The molecular weight excluding hydrogens is 277 g/mol. The molecule has 0 aromatic heterocycles. The number of amides is 2. The molecule has 0 saturated carbocycles. The van der Waals surface area contributed by atoms with Crippen LogP contribution in [-0.4, -0.2) is 18.6 Å². The van der Waals surface area contributed by atoms with Crippen molar-refractivity contribution in [3.8, 4) is 6.07 Å². The molecule has 0 bridgehead atoms. The molecule has 110 valence electrons. The smallest absolute Gasteiger partial charge is 0.414 e. The standard InChI is InChI=1S/C14H14FN3O3/c1-3-21-14(20)18-13(19)10(7-16)8-17-12-5-4-11(15)6-9(12)2/h4-6,8,17H,3H2,1-2H3,(H,18,19,20)/b10-8-. The van der Waals surface area contributed by atoms with E-state index in [9.17, 15) is 14.0 Å². The third kappa shape index (κ3) is 4.95. The van der Waals surface area contributed by atoms with Crippen LogP contribution in [0.25, 0.3) is 0 Å². The van der Waals surface area contributed by atoms with Crippen LogP contribution in [0.3, 0.4) is 0 Å². The first-order chi connectivity index (χ1) is 9.97. The van der Waals surface area contributed by atoms with Gasteiger partial charge in [0, 0.05) is 11.9 Å². The Bertz CT molecular complexity index is 620. The Morgan fingerprint density at radius 3 is 2.76 bits per heavy atom. The lowest BCUT2D eigenvalue weighted by Gasteiger charge is -2.06. The minimum Gasteiger partial charge on any atom is -0.450 e. The number of aryl methyl sites for hydroxylation is 1. The molecule has 0 heterocycles. The van der Waals surface area contributed by atoms with E-state index in [1.165, 1.54) is 18.2 Å². The van der Waals surface area contributed by atoms with E-state index in [0.29, 0.717) is 11.3 Å². The maximum absolute atomic E-state index is 12.9. The van der Waals surface area contributed by atoms with Crippen molar-refractivity contribution in [2.75, 3.05) is 11.9 Å². The summed E-state index contributed by atoms with van der Waals surface area (Å²) in [6, 6.07) is 5.68. The van der Waals surface area contributed by atoms with Gasteiger partial charge in [-0.25, -0.2) is 9.18 Å². The molecule has 7 heteroatoms. The van der Waals surface area contributed by atoms with Gasteiger partial charge in [0.25, 0.3) is 5.91 Å². The highest BCUT2D eigenvalue weighted by Gasteiger charge is 2.13. The molecular formula is C14H14FN3O3. The Hall–Kier alpha value is -2.88. The Balaban J connectivity index is 2.78. The largest absolute Gasteiger partial charge is 0.450 e. The van der Waals surface area contributed by atoms with E-state index in [1.807, 2.05) is 5.32 Å². The summed E-state index contributed by atoms with van der Waals surface area (Å²) < 4.78 is 17.5. The molecule has 21 heavy (non-hydrogen) atoms. The van der Waals surface area contributed by atoms with Gasteiger partial charge in [-0.2, -0.15) is 5.26 Å². The minimum absolute atomic E-state index is 0.109. The van der Waals surface area contributed by atoms with Gasteiger partial charge < -0.3 is 10.1 Å². The minimum atomic E-state index is -0.929. The molecule has 0 spiro atoms. The monoisotopic (exact) mass is 291 g/mol. The summed E-state index contributed by atoms with van der Waals surface area (Å²) in [6.07, 6.45) is 0.205. The first-order valence-electron chi connectivity index (χ1n) is 6.09. The Morgan fingerprint density at radius 1 is 1.48 bits per heavy atom. The fraction of sp³-hybridized carbons (Fsp3) is 0.214. The van der Waals surface area contributed by atoms with Gasteiger partial charge in [-0.3, -0.25) is 10.1 Å². The van der Waals surface area contributed by atoms with Crippen molar-refractivity contribution in [3.05, 3.63) is 41.4 Å². The molecule has 1 rings (SSSR count). The van der Waals surface area contributed by atoms with Gasteiger partial charge in [0.05, 0.1) is 6.61 Å². The molecule has 1 aromatic rings. The van der Waals surface area contributed by atoms with Crippen molar-refractivity contribution in [2.45, 2.75) is 13.8 Å². The van der Waals surface area contributed by atoms with Crippen LogP contribution < -0.4 is 10.6 Å². The maximum atomic E-state index is 12.9. The van der Waals surface area contributed by atoms with E-state index in [4.69, 9.17) is 5.26 Å². The number of nitriles is 1. The fourth-order valence-electron chi connectivity index (χ4n) is 1.41. The molecule has 0 saturated heterocycles. The number of carbonyl (C=O) groups excluding carboxylic acids is 2. The molecule has 0 aliphatic carbocycles. The molecule has 0 radical (unpaired) electrons. The molecule has 0 atom stereocenters. The highest BCUT2D eigenvalue weighted by atomic mass is 19.1. The lowest BCUT2D eigenvalue weighted by Crippen LogP contribution is -2.32. The number of ether oxygens (including phenoxy) is 1. The summed E-state index contributed by atoms with van der Waals surface area (Å²) in [6.45, 7) is 3.37. The zero-order chi connectivity index (χ0) is 15.8. The van der Waals surface area contributed by atoms with Crippen LogP contribution in [0.15, 0.2) is 30.0 Å². The maximum Gasteiger partial charge on any atom is 0.414 e. The molecule has 2 N–H and O–H groups in total. The van der Waals surface area contributed by atoms with E-state index >= 15 is 0 Å². The van der Waals surface area contributed by atoms with Crippen molar-refractivity contribution in [2.24, 2.45) is 0 Å². The number of anilines is 1.